The Morgan fingerprint density at radius 2 is 1.67 bits per heavy atom. The van der Waals surface area contributed by atoms with Crippen LogP contribution in [0.25, 0.3) is 0 Å². The maximum Gasteiger partial charge on any atom is 0.343 e. The molecule has 0 unspecified atom stereocenters. The number of amides is 4. The van der Waals surface area contributed by atoms with E-state index in [4.69, 9.17) is 0 Å². The van der Waals surface area contributed by atoms with Crippen LogP contribution in [0.15, 0.2) is 0 Å². The Kier molecular flexibility index (Phi) is 7.53. The van der Waals surface area contributed by atoms with E-state index in [1.807, 2.05) is 23.6 Å². The second kappa shape index (κ2) is 9.75. The summed E-state index contributed by atoms with van der Waals surface area (Å²) in [5.74, 6) is 0.482. The quantitative estimate of drug-likeness (QED) is 0.470. The number of carbonyl (C=O) groups excluding carboxylic acids is 2. The van der Waals surface area contributed by atoms with E-state index in [9.17, 15) is 14.8 Å². The number of nitrogens with zero attached hydrogens (tertiary/aromatic N) is 3. The highest BCUT2D eigenvalue weighted by Crippen LogP contribution is 2.39. The van der Waals surface area contributed by atoms with Crippen LogP contribution >= 0.6 is 0 Å². The molecule has 4 amide bonds. The third kappa shape index (κ3) is 4.87. The Morgan fingerprint density at radius 1 is 1.10 bits per heavy atom. The van der Waals surface area contributed by atoms with Gasteiger partial charge < -0.3 is 10.2 Å². The van der Waals surface area contributed by atoms with E-state index in [0.717, 1.165) is 62.9 Å². The first kappa shape index (κ1) is 23.2. The number of hydrogen-bond acceptors (Lipinski definition) is 3. The minimum absolute atomic E-state index is 0.0398. The Balaban J connectivity index is 1.82. The maximum absolute atomic E-state index is 13.5. The zero-order chi connectivity index (χ0) is 21.9. The zero-order valence-electron chi connectivity index (χ0n) is 19.4. The number of carbonyl (C=O) groups is 2. The van der Waals surface area contributed by atoms with Gasteiger partial charge in [0.15, 0.2) is 6.17 Å². The fraction of sp³-hybridized carbons (Fsp3) is 0.913. The molecule has 3 fully saturated rings. The van der Waals surface area contributed by atoms with Crippen LogP contribution in [0.3, 0.4) is 0 Å². The molecule has 0 spiro atoms. The van der Waals surface area contributed by atoms with Crippen LogP contribution < -0.4 is 5.32 Å². The molecule has 1 atom stereocenters. The van der Waals surface area contributed by atoms with Crippen LogP contribution in [0.2, 0.25) is 0 Å². The summed E-state index contributed by atoms with van der Waals surface area (Å²) < 4.78 is 0. The molecule has 30 heavy (non-hydrogen) atoms. The standard InChI is InChI=1S/C23H42N4O3/c1-17(2)15-16-25-22(29)26(19-13-9-6-10-14-19)20(23(25,3)4)27(30)21(28)24-18-11-7-5-8-12-18/h17-20,30H,5-16H2,1-4H3,(H,24,28)/t20-/m0/s1. The van der Waals surface area contributed by atoms with Crippen LogP contribution in [-0.2, 0) is 0 Å². The Hall–Kier alpha value is -1.50. The summed E-state index contributed by atoms with van der Waals surface area (Å²) in [5, 5.41) is 14.9. The lowest BCUT2D eigenvalue weighted by Crippen LogP contribution is -2.61. The van der Waals surface area contributed by atoms with Gasteiger partial charge in [0.05, 0.1) is 5.54 Å². The molecular formula is C23H42N4O3. The van der Waals surface area contributed by atoms with Gasteiger partial charge in [-0.1, -0.05) is 52.4 Å². The van der Waals surface area contributed by atoms with Crippen molar-refractivity contribution in [3.63, 3.8) is 0 Å². The topological polar surface area (TPSA) is 76.1 Å². The van der Waals surface area contributed by atoms with E-state index in [0.29, 0.717) is 12.5 Å². The van der Waals surface area contributed by atoms with E-state index in [-0.39, 0.29) is 18.1 Å². The Morgan fingerprint density at radius 3 is 2.23 bits per heavy atom. The van der Waals surface area contributed by atoms with E-state index in [1.54, 1.807) is 0 Å². The minimum Gasteiger partial charge on any atom is -0.333 e. The molecule has 1 aliphatic heterocycles. The summed E-state index contributed by atoms with van der Waals surface area (Å²) in [6.07, 6.45) is 10.8. The van der Waals surface area contributed by atoms with E-state index < -0.39 is 17.7 Å². The number of rotatable bonds is 6. The molecule has 3 rings (SSSR count). The van der Waals surface area contributed by atoms with Crippen LogP contribution in [0, 0.1) is 5.92 Å². The smallest absolute Gasteiger partial charge is 0.333 e. The van der Waals surface area contributed by atoms with Gasteiger partial charge in [0, 0.05) is 18.6 Å². The number of hydrogen-bond donors (Lipinski definition) is 2. The maximum atomic E-state index is 13.5. The van der Waals surface area contributed by atoms with Crippen LogP contribution in [0.1, 0.15) is 98.3 Å². The monoisotopic (exact) mass is 422 g/mol. The summed E-state index contributed by atoms with van der Waals surface area (Å²) in [5.41, 5.74) is -0.665. The summed E-state index contributed by atoms with van der Waals surface area (Å²) in [4.78, 5) is 30.2. The number of nitrogens with one attached hydrogen (secondary N) is 1. The average molecular weight is 423 g/mol. The summed E-state index contributed by atoms with van der Waals surface area (Å²) >= 11 is 0. The second-order valence-corrected chi connectivity index (χ2v) is 10.5. The van der Waals surface area contributed by atoms with Gasteiger partial charge in [-0.3, -0.25) is 10.1 Å². The predicted octanol–water partition coefficient (Wildman–Crippen LogP) is 4.94. The van der Waals surface area contributed by atoms with Gasteiger partial charge in [-0.2, -0.15) is 5.06 Å². The molecule has 2 saturated carbocycles. The van der Waals surface area contributed by atoms with Crippen molar-refractivity contribution in [1.29, 1.82) is 0 Å². The number of hydroxylamine groups is 2. The summed E-state index contributed by atoms with van der Waals surface area (Å²) in [6.45, 7) is 8.91. The summed E-state index contributed by atoms with van der Waals surface area (Å²) in [6, 6.07) is -0.320. The highest BCUT2D eigenvalue weighted by Gasteiger charge is 2.57. The van der Waals surface area contributed by atoms with Crippen molar-refractivity contribution in [3.8, 4) is 0 Å². The highest BCUT2D eigenvalue weighted by atomic mass is 16.5. The number of urea groups is 2. The first-order valence-corrected chi connectivity index (χ1v) is 12.1. The normalized spacial score (nSPS) is 25.8. The van der Waals surface area contributed by atoms with Crippen molar-refractivity contribution in [1.82, 2.24) is 20.2 Å². The molecule has 0 radical (unpaired) electrons. The molecule has 2 N–H and O–H groups in total. The predicted molar refractivity (Wildman–Crippen MR) is 117 cm³/mol. The molecule has 1 heterocycles. The van der Waals surface area contributed by atoms with Gasteiger partial charge in [0.25, 0.3) is 0 Å². The van der Waals surface area contributed by atoms with Gasteiger partial charge in [-0.05, 0) is 51.9 Å². The van der Waals surface area contributed by atoms with Crippen LogP contribution in [0.5, 0.6) is 0 Å². The minimum atomic E-state index is -0.677. The Bertz CT molecular complexity index is 597. The van der Waals surface area contributed by atoms with Gasteiger partial charge in [0.2, 0.25) is 0 Å². The van der Waals surface area contributed by atoms with Gasteiger partial charge in [-0.25, -0.2) is 9.59 Å². The van der Waals surface area contributed by atoms with Crippen LogP contribution in [-0.4, -0.2) is 62.5 Å². The van der Waals surface area contributed by atoms with Crippen molar-refractivity contribution in [3.05, 3.63) is 0 Å². The Labute approximate surface area is 182 Å². The first-order chi connectivity index (χ1) is 14.2. The van der Waals surface area contributed by atoms with Crippen molar-refractivity contribution in [2.24, 2.45) is 5.92 Å². The highest BCUT2D eigenvalue weighted by molar-refractivity contribution is 5.81. The van der Waals surface area contributed by atoms with E-state index in [1.165, 1.54) is 12.8 Å². The van der Waals surface area contributed by atoms with Crippen molar-refractivity contribution in [2.45, 2.75) is 122 Å². The molecule has 0 bridgehead atoms. The fourth-order valence-electron chi connectivity index (χ4n) is 5.47. The van der Waals surface area contributed by atoms with Gasteiger partial charge >= 0.3 is 12.1 Å². The molecule has 0 aromatic rings. The SMILES string of the molecule is CC(C)CCN1C(=O)N(C2CCCCC2)[C@@H](N(O)C(=O)NC2CCCCC2)C1(C)C. The third-order valence-corrected chi connectivity index (χ3v) is 7.31. The van der Waals surface area contributed by atoms with Gasteiger partial charge in [0.1, 0.15) is 0 Å². The third-order valence-electron chi connectivity index (χ3n) is 7.31. The lowest BCUT2D eigenvalue weighted by Gasteiger charge is -2.42. The van der Waals surface area contributed by atoms with E-state index in [2.05, 4.69) is 19.2 Å². The molecule has 0 aromatic heterocycles. The molecule has 7 heteroatoms. The average Bonchev–Trinajstić information content (AvgIpc) is 2.92. The van der Waals surface area contributed by atoms with Crippen molar-refractivity contribution >= 4 is 12.1 Å². The second-order valence-electron chi connectivity index (χ2n) is 10.5. The lowest BCUT2D eigenvalue weighted by atomic mass is 9.92. The largest absolute Gasteiger partial charge is 0.343 e. The zero-order valence-corrected chi connectivity index (χ0v) is 19.4. The first-order valence-electron chi connectivity index (χ1n) is 12.1. The van der Waals surface area contributed by atoms with Crippen LogP contribution in [0.4, 0.5) is 9.59 Å². The molecule has 0 aromatic carbocycles. The van der Waals surface area contributed by atoms with Gasteiger partial charge in [-0.15, -0.1) is 0 Å². The molecular weight excluding hydrogens is 380 g/mol. The van der Waals surface area contributed by atoms with E-state index >= 15 is 0 Å². The summed E-state index contributed by atoms with van der Waals surface area (Å²) in [7, 11) is 0. The molecule has 1 saturated heterocycles. The molecule has 2 aliphatic carbocycles. The van der Waals surface area contributed by atoms with Crippen molar-refractivity contribution < 1.29 is 14.8 Å². The van der Waals surface area contributed by atoms with Crippen molar-refractivity contribution in [2.75, 3.05) is 6.54 Å². The molecule has 172 valence electrons. The fourth-order valence-corrected chi connectivity index (χ4v) is 5.47. The molecule has 3 aliphatic rings. The molecule has 7 nitrogen and oxygen atoms in total. The lowest BCUT2D eigenvalue weighted by molar-refractivity contribution is -0.141.